The van der Waals surface area contributed by atoms with Crippen LogP contribution in [0.2, 0.25) is 0 Å². The summed E-state index contributed by atoms with van der Waals surface area (Å²) in [5.74, 6) is 1.47. The van der Waals surface area contributed by atoms with Crippen molar-refractivity contribution in [3.63, 3.8) is 0 Å². The Morgan fingerprint density at radius 3 is 2.80 bits per heavy atom. The van der Waals surface area contributed by atoms with E-state index in [1.165, 1.54) is 32.8 Å². The highest BCUT2D eigenvalue weighted by Gasteiger charge is 2.32. The van der Waals surface area contributed by atoms with E-state index < -0.39 is 0 Å². The van der Waals surface area contributed by atoms with Gasteiger partial charge in [-0.05, 0) is 37.6 Å². The normalized spacial score (nSPS) is 27.5. The van der Waals surface area contributed by atoms with Gasteiger partial charge in [-0.3, -0.25) is 9.69 Å². The Kier molecular flexibility index (Phi) is 6.26. The largest absolute Gasteiger partial charge is 0.468 e. The predicted molar refractivity (Wildman–Crippen MR) is 77.4 cm³/mol. The summed E-state index contributed by atoms with van der Waals surface area (Å²) < 4.78 is 4.78. The van der Waals surface area contributed by atoms with Crippen molar-refractivity contribution in [2.45, 2.75) is 38.1 Å². The Labute approximate surface area is 121 Å². The molecule has 0 aromatic rings. The standard InChI is InChI=1S/C15H28N2O3/c1-20-15(19)11-17-9-13(7-12-3-4-12)8-14(10-17)16-5-2-6-18/h12-14,16,18H,2-11H2,1H3. The molecule has 2 rings (SSSR count). The van der Waals surface area contributed by atoms with Crippen LogP contribution in [0.25, 0.3) is 0 Å². The molecule has 1 saturated carbocycles. The van der Waals surface area contributed by atoms with Crippen LogP contribution in [0, 0.1) is 11.8 Å². The molecule has 0 aromatic carbocycles. The van der Waals surface area contributed by atoms with E-state index in [0.29, 0.717) is 18.5 Å². The van der Waals surface area contributed by atoms with Crippen molar-refractivity contribution >= 4 is 5.97 Å². The van der Waals surface area contributed by atoms with Crippen LogP contribution in [0.15, 0.2) is 0 Å². The number of hydrogen-bond acceptors (Lipinski definition) is 5. The van der Waals surface area contributed by atoms with Gasteiger partial charge in [-0.1, -0.05) is 12.8 Å². The molecule has 2 atom stereocenters. The Hall–Kier alpha value is -0.650. The topological polar surface area (TPSA) is 61.8 Å². The van der Waals surface area contributed by atoms with Gasteiger partial charge in [0.2, 0.25) is 0 Å². The monoisotopic (exact) mass is 284 g/mol. The zero-order valence-corrected chi connectivity index (χ0v) is 12.5. The number of hydrogen-bond donors (Lipinski definition) is 2. The minimum atomic E-state index is -0.147. The molecule has 1 aliphatic carbocycles. The molecule has 1 saturated heterocycles. The molecule has 2 aliphatic rings. The van der Waals surface area contributed by atoms with Crippen molar-refractivity contribution in [1.82, 2.24) is 10.2 Å². The number of ether oxygens (including phenoxy) is 1. The number of likely N-dealkylation sites (tertiary alicyclic amines) is 1. The molecular weight excluding hydrogens is 256 g/mol. The zero-order chi connectivity index (χ0) is 14.4. The Bertz CT molecular complexity index is 307. The van der Waals surface area contributed by atoms with Crippen molar-refractivity contribution in [2.75, 3.05) is 39.9 Å². The number of rotatable bonds is 8. The SMILES string of the molecule is COC(=O)CN1CC(CC2CC2)CC(NCCCO)C1. The summed E-state index contributed by atoms with van der Waals surface area (Å²) in [7, 11) is 1.45. The van der Waals surface area contributed by atoms with Crippen LogP contribution in [-0.2, 0) is 9.53 Å². The first-order chi connectivity index (χ1) is 9.71. The Balaban J connectivity index is 1.81. The second-order valence-electron chi connectivity index (χ2n) is 6.28. The lowest BCUT2D eigenvalue weighted by atomic mass is 9.89. The van der Waals surface area contributed by atoms with E-state index in [1.54, 1.807) is 0 Å². The first-order valence-corrected chi connectivity index (χ1v) is 7.84. The van der Waals surface area contributed by atoms with Crippen molar-refractivity contribution in [1.29, 1.82) is 0 Å². The minimum Gasteiger partial charge on any atom is -0.468 e. The number of carbonyl (C=O) groups is 1. The summed E-state index contributed by atoms with van der Waals surface area (Å²) in [4.78, 5) is 13.7. The van der Waals surface area contributed by atoms with Crippen LogP contribution in [0.1, 0.15) is 32.1 Å². The number of aliphatic hydroxyl groups excluding tert-OH is 1. The van der Waals surface area contributed by atoms with E-state index in [9.17, 15) is 4.79 Å². The van der Waals surface area contributed by atoms with Crippen LogP contribution in [0.3, 0.4) is 0 Å². The van der Waals surface area contributed by atoms with E-state index >= 15 is 0 Å². The van der Waals surface area contributed by atoms with Crippen molar-refractivity contribution < 1.29 is 14.6 Å². The van der Waals surface area contributed by atoms with Gasteiger partial charge in [0.15, 0.2) is 0 Å². The molecule has 1 heterocycles. The number of nitrogens with zero attached hydrogens (tertiary/aromatic N) is 1. The summed E-state index contributed by atoms with van der Waals surface area (Å²) in [5, 5.41) is 12.4. The van der Waals surface area contributed by atoms with Gasteiger partial charge in [-0.25, -0.2) is 0 Å². The van der Waals surface area contributed by atoms with Gasteiger partial charge in [0.1, 0.15) is 0 Å². The molecule has 0 aromatic heterocycles. The van der Waals surface area contributed by atoms with Gasteiger partial charge < -0.3 is 15.2 Å². The third-order valence-corrected chi connectivity index (χ3v) is 4.32. The number of nitrogens with one attached hydrogen (secondary N) is 1. The smallest absolute Gasteiger partial charge is 0.319 e. The maximum Gasteiger partial charge on any atom is 0.319 e. The van der Waals surface area contributed by atoms with Gasteiger partial charge in [0.05, 0.1) is 13.7 Å². The molecule has 1 aliphatic heterocycles. The molecule has 2 unspecified atom stereocenters. The lowest BCUT2D eigenvalue weighted by molar-refractivity contribution is -0.142. The molecule has 0 bridgehead atoms. The summed E-state index contributed by atoms with van der Waals surface area (Å²) in [6.07, 6.45) is 6.06. The number of piperidine rings is 1. The summed E-state index contributed by atoms with van der Waals surface area (Å²) in [5.41, 5.74) is 0. The fourth-order valence-corrected chi connectivity index (χ4v) is 3.21. The van der Waals surface area contributed by atoms with Crippen LogP contribution in [0.5, 0.6) is 0 Å². The predicted octanol–water partition coefficient (Wildman–Crippen LogP) is 0.622. The quantitative estimate of drug-likeness (QED) is 0.505. The molecule has 0 spiro atoms. The van der Waals surface area contributed by atoms with Gasteiger partial charge >= 0.3 is 5.97 Å². The minimum absolute atomic E-state index is 0.147. The highest BCUT2D eigenvalue weighted by molar-refractivity contribution is 5.71. The number of carbonyl (C=O) groups excluding carboxylic acids is 1. The average molecular weight is 284 g/mol. The van der Waals surface area contributed by atoms with Crippen LogP contribution < -0.4 is 5.32 Å². The summed E-state index contributed by atoms with van der Waals surface area (Å²) in [6.45, 7) is 3.40. The average Bonchev–Trinajstić information content (AvgIpc) is 3.22. The first-order valence-electron chi connectivity index (χ1n) is 7.84. The van der Waals surface area contributed by atoms with Gasteiger partial charge in [0.25, 0.3) is 0 Å². The van der Waals surface area contributed by atoms with Gasteiger partial charge in [-0.15, -0.1) is 0 Å². The van der Waals surface area contributed by atoms with E-state index in [4.69, 9.17) is 9.84 Å². The molecule has 0 amide bonds. The molecule has 2 N–H and O–H groups in total. The van der Waals surface area contributed by atoms with E-state index in [2.05, 4.69) is 10.2 Å². The molecule has 0 radical (unpaired) electrons. The second-order valence-corrected chi connectivity index (χ2v) is 6.28. The Morgan fingerprint density at radius 2 is 2.15 bits per heavy atom. The number of aliphatic hydroxyl groups is 1. The highest BCUT2D eigenvalue weighted by atomic mass is 16.5. The summed E-state index contributed by atoms with van der Waals surface area (Å²) >= 11 is 0. The van der Waals surface area contributed by atoms with Crippen molar-refractivity contribution in [2.24, 2.45) is 11.8 Å². The second kappa shape index (κ2) is 7.96. The zero-order valence-electron chi connectivity index (χ0n) is 12.5. The third-order valence-electron chi connectivity index (χ3n) is 4.32. The molecular formula is C15H28N2O3. The number of esters is 1. The van der Waals surface area contributed by atoms with E-state index in [1.807, 2.05) is 0 Å². The maximum atomic E-state index is 11.5. The van der Waals surface area contributed by atoms with Crippen LogP contribution >= 0.6 is 0 Å². The molecule has 116 valence electrons. The Morgan fingerprint density at radius 1 is 1.35 bits per heavy atom. The fourth-order valence-electron chi connectivity index (χ4n) is 3.21. The van der Waals surface area contributed by atoms with Crippen molar-refractivity contribution in [3.8, 4) is 0 Å². The number of methoxy groups -OCH3 is 1. The van der Waals surface area contributed by atoms with Gasteiger partial charge in [0, 0.05) is 25.7 Å². The lowest BCUT2D eigenvalue weighted by Crippen LogP contribution is -2.51. The van der Waals surface area contributed by atoms with E-state index in [-0.39, 0.29) is 12.6 Å². The third kappa shape index (κ3) is 5.38. The highest BCUT2D eigenvalue weighted by Crippen LogP contribution is 2.37. The van der Waals surface area contributed by atoms with Crippen LogP contribution in [-0.4, -0.2) is 61.9 Å². The van der Waals surface area contributed by atoms with E-state index in [0.717, 1.165) is 32.0 Å². The lowest BCUT2D eigenvalue weighted by Gasteiger charge is -2.38. The molecule has 5 heteroatoms. The van der Waals surface area contributed by atoms with Gasteiger partial charge in [-0.2, -0.15) is 0 Å². The van der Waals surface area contributed by atoms with Crippen LogP contribution in [0.4, 0.5) is 0 Å². The maximum absolute atomic E-state index is 11.5. The van der Waals surface area contributed by atoms with Crippen molar-refractivity contribution in [3.05, 3.63) is 0 Å². The fraction of sp³-hybridized carbons (Fsp3) is 0.933. The molecule has 5 nitrogen and oxygen atoms in total. The summed E-state index contributed by atoms with van der Waals surface area (Å²) in [6, 6.07) is 0.434. The molecule has 2 fully saturated rings. The molecule has 20 heavy (non-hydrogen) atoms. The first kappa shape index (κ1) is 15.7.